The third kappa shape index (κ3) is 6.40. The zero-order valence-corrected chi connectivity index (χ0v) is 18.8. The highest BCUT2D eigenvalue weighted by molar-refractivity contribution is 8.41. The van der Waals surface area contributed by atoms with E-state index in [1.54, 1.807) is 0 Å². The first-order valence-corrected chi connectivity index (χ1v) is 13.7. The first-order chi connectivity index (χ1) is 14.7. The molecule has 0 radical (unpaired) electrons. The van der Waals surface area contributed by atoms with Gasteiger partial charge < -0.3 is 0 Å². The highest BCUT2D eigenvalue weighted by atomic mass is 32.2. The Morgan fingerprint density at radius 2 is 0.600 bits per heavy atom. The Balaban J connectivity index is 0.000000589. The molecule has 0 spiro atoms. The van der Waals surface area contributed by atoms with Gasteiger partial charge in [0.1, 0.15) is 0 Å². The molecule has 0 aliphatic carbocycles. The lowest BCUT2D eigenvalue weighted by atomic mass is 10.4. The molecule has 0 saturated heterocycles. The van der Waals surface area contributed by atoms with Gasteiger partial charge in [-0.1, -0.05) is 121 Å². The summed E-state index contributed by atoms with van der Waals surface area (Å²) in [4.78, 5) is 0. The van der Waals surface area contributed by atoms with Gasteiger partial charge in [-0.05, 0) is 36.4 Å². The Morgan fingerprint density at radius 1 is 0.433 bits per heavy atom. The van der Waals surface area contributed by atoms with Crippen molar-refractivity contribution in [2.24, 2.45) is 0 Å². The Hall–Kier alpha value is -2.19. The molecule has 6 heteroatoms. The Kier molecular flexibility index (Phi) is 8.89. The van der Waals surface area contributed by atoms with Gasteiger partial charge in [0, 0.05) is 0 Å². The minimum absolute atomic E-state index is 0.502. The Labute approximate surface area is 182 Å². The van der Waals surface area contributed by atoms with Gasteiger partial charge in [0.2, 0.25) is 0 Å². The van der Waals surface area contributed by atoms with E-state index in [2.05, 4.69) is 121 Å². The average Bonchev–Trinajstić information content (AvgIpc) is 2.79. The molecule has 0 aromatic heterocycles. The molecule has 152 valence electrons. The lowest BCUT2D eigenvalue weighted by Gasteiger charge is -2.29. The molecule has 4 rings (SSSR count). The van der Waals surface area contributed by atoms with E-state index in [1.807, 2.05) is 0 Å². The predicted molar refractivity (Wildman–Crippen MR) is 132 cm³/mol. The maximum atomic E-state index is 8.67. The molecule has 3 nitrogen and oxygen atoms in total. The largest absolute Gasteiger partial charge is 0.299 e. The third-order valence-corrected chi connectivity index (χ3v) is 11.7. The second kappa shape index (κ2) is 11.9. The third-order valence-electron chi connectivity index (χ3n) is 4.20. The van der Waals surface area contributed by atoms with Crippen molar-refractivity contribution in [2.45, 2.75) is 0 Å². The molecule has 0 unspecified atom stereocenters. The number of benzene rings is 4. The van der Waals surface area contributed by atoms with Crippen molar-refractivity contribution >= 4 is 47.8 Å². The van der Waals surface area contributed by atoms with Crippen molar-refractivity contribution in [3.8, 4) is 0 Å². The zero-order valence-electron chi connectivity index (χ0n) is 16.2. The molecule has 0 amide bonds. The maximum Gasteiger partial charge on any atom is 0.299 e. The minimum atomic E-state index is -2.61. The van der Waals surface area contributed by atoms with E-state index < -0.39 is 26.6 Å². The normalized spacial score (nSPS) is 10.7. The van der Waals surface area contributed by atoms with Crippen LogP contribution < -0.4 is 21.2 Å². The van der Waals surface area contributed by atoms with Crippen LogP contribution in [0.25, 0.3) is 0 Å². The lowest BCUT2D eigenvalue weighted by Crippen LogP contribution is -2.19. The van der Waals surface area contributed by atoms with Gasteiger partial charge in [0.15, 0.2) is 0 Å². The van der Waals surface area contributed by atoms with Gasteiger partial charge in [-0.2, -0.15) is 4.21 Å². The number of hydrogen-bond donors (Lipinski definition) is 2. The van der Waals surface area contributed by atoms with Crippen LogP contribution in [0.5, 0.6) is 0 Å². The van der Waals surface area contributed by atoms with Crippen LogP contribution in [0.3, 0.4) is 0 Å². The molecular formula is C24H22O3P2S. The zero-order chi connectivity index (χ0) is 21.2. The minimum Gasteiger partial charge on any atom is -0.284 e. The van der Waals surface area contributed by atoms with Crippen LogP contribution in [0, 0.1) is 0 Å². The summed E-state index contributed by atoms with van der Waals surface area (Å²) in [6.45, 7) is 0. The van der Waals surface area contributed by atoms with Gasteiger partial charge in [-0.3, -0.25) is 9.11 Å². The summed E-state index contributed by atoms with van der Waals surface area (Å²) in [5.41, 5.74) is 0. The maximum absolute atomic E-state index is 8.67. The average molecular weight is 452 g/mol. The first-order valence-electron chi connectivity index (χ1n) is 9.27. The van der Waals surface area contributed by atoms with Crippen LogP contribution in [0.2, 0.25) is 0 Å². The molecule has 0 fully saturated rings. The SMILES string of the molecule is O=S(O)O.c1ccc(P(c2ccccc2)P(c2ccccc2)c2ccccc2)cc1. The van der Waals surface area contributed by atoms with Crippen LogP contribution in [0.15, 0.2) is 121 Å². The molecule has 0 heterocycles. The predicted octanol–water partition coefficient (Wildman–Crippen LogP) is 4.85. The van der Waals surface area contributed by atoms with Crippen molar-refractivity contribution in [1.29, 1.82) is 0 Å². The highest BCUT2D eigenvalue weighted by Crippen LogP contribution is 2.65. The van der Waals surface area contributed by atoms with Crippen molar-refractivity contribution in [1.82, 2.24) is 0 Å². The fourth-order valence-electron chi connectivity index (χ4n) is 3.04. The lowest BCUT2D eigenvalue weighted by molar-refractivity contribution is 0.454. The first kappa shape index (κ1) is 22.5. The molecule has 4 aromatic carbocycles. The van der Waals surface area contributed by atoms with E-state index >= 15 is 0 Å². The summed E-state index contributed by atoms with van der Waals surface area (Å²) in [7, 11) is -1.00. The summed E-state index contributed by atoms with van der Waals surface area (Å²) in [5, 5.41) is 5.75. The van der Waals surface area contributed by atoms with Gasteiger partial charge in [0.25, 0.3) is 11.4 Å². The van der Waals surface area contributed by atoms with E-state index in [9.17, 15) is 0 Å². The monoisotopic (exact) mass is 452 g/mol. The Morgan fingerprint density at radius 3 is 0.767 bits per heavy atom. The topological polar surface area (TPSA) is 57.5 Å². The second-order valence-corrected chi connectivity index (χ2v) is 12.4. The molecule has 2 N–H and O–H groups in total. The van der Waals surface area contributed by atoms with Crippen LogP contribution >= 0.6 is 15.2 Å². The van der Waals surface area contributed by atoms with E-state index in [1.165, 1.54) is 21.2 Å². The number of hydrogen-bond acceptors (Lipinski definition) is 1. The van der Waals surface area contributed by atoms with Crippen LogP contribution in [-0.4, -0.2) is 13.3 Å². The summed E-state index contributed by atoms with van der Waals surface area (Å²) in [6, 6.07) is 44.1. The number of rotatable bonds is 5. The second-order valence-electron chi connectivity index (χ2n) is 6.20. The van der Waals surface area contributed by atoms with Gasteiger partial charge in [-0.25, -0.2) is 0 Å². The molecule has 30 heavy (non-hydrogen) atoms. The molecule has 0 atom stereocenters. The van der Waals surface area contributed by atoms with Gasteiger partial charge in [-0.15, -0.1) is 0 Å². The van der Waals surface area contributed by atoms with Crippen molar-refractivity contribution < 1.29 is 13.3 Å². The molecule has 0 aliphatic heterocycles. The van der Waals surface area contributed by atoms with Gasteiger partial charge >= 0.3 is 0 Å². The van der Waals surface area contributed by atoms with Crippen LogP contribution in [0.4, 0.5) is 0 Å². The van der Waals surface area contributed by atoms with E-state index in [4.69, 9.17) is 13.3 Å². The van der Waals surface area contributed by atoms with E-state index in [0.717, 1.165) is 0 Å². The Bertz CT molecular complexity index is 869. The van der Waals surface area contributed by atoms with Crippen molar-refractivity contribution in [2.75, 3.05) is 0 Å². The quantitative estimate of drug-likeness (QED) is 0.336. The summed E-state index contributed by atoms with van der Waals surface area (Å²) < 4.78 is 22.8. The summed E-state index contributed by atoms with van der Waals surface area (Å²) in [6.07, 6.45) is 0. The fourth-order valence-corrected chi connectivity index (χ4v) is 10.7. The summed E-state index contributed by atoms with van der Waals surface area (Å²) in [5.74, 6) is 0. The smallest absolute Gasteiger partial charge is 0.284 e. The van der Waals surface area contributed by atoms with Crippen LogP contribution in [0.1, 0.15) is 0 Å². The fraction of sp³-hybridized carbons (Fsp3) is 0. The summed E-state index contributed by atoms with van der Waals surface area (Å²) >= 11 is -2.61. The van der Waals surface area contributed by atoms with Crippen LogP contribution in [-0.2, 0) is 11.4 Å². The van der Waals surface area contributed by atoms with Gasteiger partial charge in [0.05, 0.1) is 0 Å². The molecule has 4 aromatic rings. The van der Waals surface area contributed by atoms with E-state index in [0.29, 0.717) is 0 Å². The highest BCUT2D eigenvalue weighted by Gasteiger charge is 2.27. The van der Waals surface area contributed by atoms with E-state index in [-0.39, 0.29) is 0 Å². The molecular weight excluding hydrogens is 430 g/mol. The molecule has 0 bridgehead atoms. The molecule has 0 aliphatic rings. The van der Waals surface area contributed by atoms with Crippen molar-refractivity contribution in [3.05, 3.63) is 121 Å². The standard InChI is InChI=1S/C24H20P2.H2O3S/c1-5-13-21(14-6-1)25(22-15-7-2-8-16-22)26(23-17-9-3-10-18-23)24-19-11-4-12-20-24;1-4(2)3/h1-20H;(H2,1,2,3). The van der Waals surface area contributed by atoms with Crippen molar-refractivity contribution in [3.63, 3.8) is 0 Å². The molecule has 0 saturated carbocycles.